The van der Waals surface area contributed by atoms with Gasteiger partial charge in [0.25, 0.3) is 0 Å². The van der Waals surface area contributed by atoms with E-state index in [1.807, 2.05) is 0 Å². The van der Waals surface area contributed by atoms with Crippen molar-refractivity contribution in [3.05, 3.63) is 12.2 Å². The van der Waals surface area contributed by atoms with Crippen LogP contribution in [0.25, 0.3) is 0 Å². The molecule has 0 saturated carbocycles. The van der Waals surface area contributed by atoms with Crippen molar-refractivity contribution < 1.29 is 23.9 Å². The third-order valence-corrected chi connectivity index (χ3v) is 1.21. The molecule has 0 aliphatic carbocycles. The molecule has 0 rings (SSSR count). The number of carbonyl (C=O) groups is 3. The molecule has 7 heteroatoms. The van der Waals surface area contributed by atoms with Crippen molar-refractivity contribution in [1.29, 1.82) is 0 Å². The van der Waals surface area contributed by atoms with Gasteiger partial charge in [-0.15, -0.1) is 0 Å². The molecule has 0 heterocycles. The van der Waals surface area contributed by atoms with Crippen LogP contribution in [-0.4, -0.2) is 37.4 Å². The minimum atomic E-state index is -0.884. The Kier molecular flexibility index (Phi) is 6.18. The number of nitrogens with zero attached hydrogens (tertiary/aromatic N) is 1. The van der Waals surface area contributed by atoms with E-state index < -0.39 is 24.6 Å². The lowest BCUT2D eigenvalue weighted by molar-refractivity contribution is -0.155. The second kappa shape index (κ2) is 7.16. The largest absolute Gasteiger partial charge is 0.457 e. The average Bonchev–Trinajstić information content (AvgIpc) is 2.20. The summed E-state index contributed by atoms with van der Waals surface area (Å²) < 4.78 is 9.01. The lowest BCUT2D eigenvalue weighted by Crippen LogP contribution is -2.17. The molecule has 0 unspecified atom stereocenters. The van der Waals surface area contributed by atoms with Crippen molar-refractivity contribution in [2.75, 3.05) is 13.2 Å². The molecule has 0 aromatic heterocycles. The smallest absolute Gasteiger partial charge is 0.344 e. The minimum Gasteiger partial charge on any atom is -0.457 e. The van der Waals surface area contributed by atoms with Crippen LogP contribution in [0.2, 0.25) is 0 Å². The molecule has 7 nitrogen and oxygen atoms in total. The van der Waals surface area contributed by atoms with E-state index in [2.05, 4.69) is 26.8 Å². The first-order valence-electron chi connectivity index (χ1n) is 4.23. The quantitative estimate of drug-likeness (QED) is 0.398. The van der Waals surface area contributed by atoms with Gasteiger partial charge in [-0.1, -0.05) is 6.58 Å². The maximum absolute atomic E-state index is 10.9. The van der Waals surface area contributed by atoms with Gasteiger partial charge in [0.05, 0.1) is 0 Å². The first-order valence-corrected chi connectivity index (χ1v) is 4.23. The second-order valence-electron chi connectivity index (χ2n) is 2.69. The number of primary amides is 1. The molecule has 2 amide bonds. The van der Waals surface area contributed by atoms with Crippen molar-refractivity contribution in [3.63, 3.8) is 0 Å². The molecule has 0 saturated heterocycles. The molecule has 88 valence electrons. The van der Waals surface area contributed by atoms with Gasteiger partial charge in [-0.25, -0.2) is 19.4 Å². The zero-order chi connectivity index (χ0) is 12.6. The fraction of sp³-hybridized carbons (Fsp3) is 0.333. The number of esters is 2. The van der Waals surface area contributed by atoms with Gasteiger partial charge < -0.3 is 15.2 Å². The summed E-state index contributed by atoms with van der Waals surface area (Å²) in [6.45, 7) is 4.05. The lowest BCUT2D eigenvalue weighted by atomic mass is 10.4. The Morgan fingerprint density at radius 2 is 2.00 bits per heavy atom. The number of hydrogen-bond donors (Lipinski definition) is 1. The van der Waals surface area contributed by atoms with Crippen LogP contribution in [0.4, 0.5) is 4.79 Å². The second-order valence-corrected chi connectivity index (χ2v) is 2.69. The average molecular weight is 228 g/mol. The van der Waals surface area contributed by atoms with Crippen LogP contribution in [0, 0.1) is 0 Å². The third kappa shape index (κ3) is 7.25. The molecule has 0 aromatic rings. The topological polar surface area (TPSA) is 108 Å². The maximum atomic E-state index is 10.9. The van der Waals surface area contributed by atoms with Gasteiger partial charge in [-0.05, 0) is 6.92 Å². The number of rotatable bonds is 5. The number of carbonyl (C=O) groups excluding carboxylic acids is 3. The van der Waals surface area contributed by atoms with Crippen LogP contribution in [0.3, 0.4) is 0 Å². The van der Waals surface area contributed by atoms with Gasteiger partial charge in [-0.2, -0.15) is 0 Å². The normalized spacial score (nSPS) is 9.81. The molecule has 0 spiro atoms. The van der Waals surface area contributed by atoms with E-state index >= 15 is 0 Å². The van der Waals surface area contributed by atoms with Crippen LogP contribution < -0.4 is 5.73 Å². The molecule has 0 aromatic carbocycles. The van der Waals surface area contributed by atoms with Crippen LogP contribution >= 0.6 is 0 Å². The van der Waals surface area contributed by atoms with Crippen LogP contribution in [0.1, 0.15) is 6.92 Å². The van der Waals surface area contributed by atoms with Crippen molar-refractivity contribution >= 4 is 24.2 Å². The highest BCUT2D eigenvalue weighted by Crippen LogP contribution is 1.92. The molecular weight excluding hydrogens is 216 g/mol. The standard InChI is InChI=1S/C9H12N2O5/c1-6(2)8(13)16-5-7(12)15-4-3-11-9(10)14/h3H,1,4-5H2,2H3,(H2,10,14). The van der Waals surface area contributed by atoms with Crippen LogP contribution in [-0.2, 0) is 19.1 Å². The number of hydrogen-bond acceptors (Lipinski definition) is 5. The number of urea groups is 1. The monoisotopic (exact) mass is 228 g/mol. The molecule has 0 atom stereocenters. The molecule has 0 bridgehead atoms. The maximum Gasteiger partial charge on any atom is 0.344 e. The highest BCUT2D eigenvalue weighted by molar-refractivity contribution is 5.88. The van der Waals surface area contributed by atoms with Crippen LogP contribution in [0.15, 0.2) is 17.1 Å². The Hall–Kier alpha value is -2.18. The van der Waals surface area contributed by atoms with Crippen molar-refractivity contribution in [3.8, 4) is 0 Å². The molecular formula is C9H12N2O5. The Bertz CT molecular complexity index is 335. The first kappa shape index (κ1) is 13.8. The highest BCUT2D eigenvalue weighted by atomic mass is 16.6. The zero-order valence-corrected chi connectivity index (χ0v) is 8.76. The molecule has 0 aliphatic heterocycles. The van der Waals surface area contributed by atoms with Crippen molar-refractivity contribution in [2.24, 2.45) is 10.7 Å². The third-order valence-electron chi connectivity index (χ3n) is 1.21. The number of aliphatic imine (C=N–C) groups is 1. The summed E-state index contributed by atoms with van der Waals surface area (Å²) in [5, 5.41) is 0. The Morgan fingerprint density at radius 1 is 1.38 bits per heavy atom. The molecule has 2 N–H and O–H groups in total. The summed E-state index contributed by atoms with van der Waals surface area (Å²) in [5.74, 6) is -1.44. The number of ether oxygens (including phenoxy) is 2. The van der Waals surface area contributed by atoms with Gasteiger partial charge >= 0.3 is 18.0 Å². The van der Waals surface area contributed by atoms with Gasteiger partial charge in [0.15, 0.2) is 6.61 Å². The number of nitrogens with two attached hydrogens (primary N) is 1. The predicted molar refractivity (Wildman–Crippen MR) is 54.8 cm³/mol. The van der Waals surface area contributed by atoms with Gasteiger partial charge in [0.2, 0.25) is 0 Å². The van der Waals surface area contributed by atoms with E-state index in [1.54, 1.807) is 0 Å². The van der Waals surface area contributed by atoms with Gasteiger partial charge in [0, 0.05) is 11.8 Å². The van der Waals surface area contributed by atoms with Crippen LogP contribution in [0.5, 0.6) is 0 Å². The summed E-state index contributed by atoms with van der Waals surface area (Å²) in [6.07, 6.45) is 1.03. The number of amides is 2. The zero-order valence-electron chi connectivity index (χ0n) is 8.76. The molecule has 0 radical (unpaired) electrons. The summed E-state index contributed by atoms with van der Waals surface area (Å²) in [6, 6.07) is -0.884. The SMILES string of the molecule is C=C(C)C(=O)OCC(=O)OCC=NC(N)=O. The van der Waals surface area contributed by atoms with Crippen molar-refractivity contribution in [2.45, 2.75) is 6.92 Å². The summed E-state index contributed by atoms with van der Waals surface area (Å²) in [7, 11) is 0. The Labute approximate surface area is 91.9 Å². The molecule has 0 fully saturated rings. The Balaban J connectivity index is 3.72. The predicted octanol–water partition coefficient (Wildman–Crippen LogP) is -0.202. The summed E-state index contributed by atoms with van der Waals surface area (Å²) in [4.78, 5) is 35.0. The lowest BCUT2D eigenvalue weighted by Gasteiger charge is -2.03. The molecule has 0 aliphatic rings. The van der Waals surface area contributed by atoms with E-state index in [0.717, 1.165) is 6.21 Å². The van der Waals surface area contributed by atoms with Crippen molar-refractivity contribution in [1.82, 2.24) is 0 Å². The summed E-state index contributed by atoms with van der Waals surface area (Å²) >= 11 is 0. The van der Waals surface area contributed by atoms with E-state index in [4.69, 9.17) is 0 Å². The fourth-order valence-electron chi connectivity index (χ4n) is 0.547. The molecule has 16 heavy (non-hydrogen) atoms. The van der Waals surface area contributed by atoms with E-state index in [1.165, 1.54) is 6.92 Å². The first-order chi connectivity index (χ1) is 7.43. The van der Waals surface area contributed by atoms with Gasteiger partial charge in [-0.3, -0.25) is 0 Å². The Morgan fingerprint density at radius 3 is 2.50 bits per heavy atom. The fourth-order valence-corrected chi connectivity index (χ4v) is 0.547. The van der Waals surface area contributed by atoms with Gasteiger partial charge in [0.1, 0.15) is 6.61 Å². The van der Waals surface area contributed by atoms with E-state index in [9.17, 15) is 14.4 Å². The minimum absolute atomic E-state index is 0.183. The summed E-state index contributed by atoms with van der Waals surface area (Å²) in [5.41, 5.74) is 4.87. The highest BCUT2D eigenvalue weighted by Gasteiger charge is 2.08. The van der Waals surface area contributed by atoms with E-state index in [-0.39, 0.29) is 12.2 Å². The van der Waals surface area contributed by atoms with E-state index in [0.29, 0.717) is 0 Å².